The average Bonchev–Trinajstić information content (AvgIpc) is 2.78. The van der Waals surface area contributed by atoms with Gasteiger partial charge in [-0.3, -0.25) is 14.4 Å². The molecular weight excluding hydrogens is 385 g/mol. The van der Waals surface area contributed by atoms with E-state index in [0.717, 1.165) is 0 Å². The number of halogens is 1. The summed E-state index contributed by atoms with van der Waals surface area (Å²) in [6.07, 6.45) is 1.68. The SMILES string of the molecule is CCC(=O)N1CCC(C(NC(=O)c2ccc(F)cc2)C(=O)Nc2ccccc2)CC1. The Balaban J connectivity index is 1.74. The van der Waals surface area contributed by atoms with Gasteiger partial charge in [-0.05, 0) is 55.2 Å². The van der Waals surface area contributed by atoms with Gasteiger partial charge in [-0.2, -0.15) is 0 Å². The van der Waals surface area contributed by atoms with Gasteiger partial charge in [0.05, 0.1) is 0 Å². The Hall–Kier alpha value is -3.22. The molecule has 1 saturated heterocycles. The molecule has 0 spiro atoms. The Bertz CT molecular complexity index is 878. The molecule has 158 valence electrons. The zero-order valence-electron chi connectivity index (χ0n) is 16.9. The monoisotopic (exact) mass is 411 g/mol. The Morgan fingerprint density at radius 1 is 1.03 bits per heavy atom. The third kappa shape index (κ3) is 5.43. The van der Waals surface area contributed by atoms with Crippen LogP contribution in [0.5, 0.6) is 0 Å². The molecule has 0 aliphatic carbocycles. The van der Waals surface area contributed by atoms with E-state index in [1.807, 2.05) is 25.1 Å². The fourth-order valence-corrected chi connectivity index (χ4v) is 3.67. The first-order chi connectivity index (χ1) is 14.5. The highest BCUT2D eigenvalue weighted by molar-refractivity contribution is 6.01. The van der Waals surface area contributed by atoms with E-state index in [9.17, 15) is 18.8 Å². The highest BCUT2D eigenvalue weighted by Gasteiger charge is 2.33. The molecule has 1 fully saturated rings. The zero-order chi connectivity index (χ0) is 21.5. The molecule has 0 aromatic heterocycles. The van der Waals surface area contributed by atoms with Crippen LogP contribution < -0.4 is 10.6 Å². The number of likely N-dealkylation sites (tertiary alicyclic amines) is 1. The number of hydrogen-bond donors (Lipinski definition) is 2. The van der Waals surface area contributed by atoms with Gasteiger partial charge in [0, 0.05) is 30.8 Å². The summed E-state index contributed by atoms with van der Waals surface area (Å²) in [5, 5.41) is 5.68. The summed E-state index contributed by atoms with van der Waals surface area (Å²) in [4.78, 5) is 39.5. The molecular formula is C23H26FN3O3. The largest absolute Gasteiger partial charge is 0.343 e. The quantitative estimate of drug-likeness (QED) is 0.766. The smallest absolute Gasteiger partial charge is 0.251 e. The van der Waals surface area contributed by atoms with Crippen LogP contribution in [-0.4, -0.2) is 41.8 Å². The second-order valence-corrected chi connectivity index (χ2v) is 7.39. The molecule has 1 aliphatic heterocycles. The van der Waals surface area contributed by atoms with E-state index < -0.39 is 17.8 Å². The number of para-hydroxylation sites is 1. The fourth-order valence-electron chi connectivity index (χ4n) is 3.67. The Morgan fingerprint density at radius 2 is 1.67 bits per heavy atom. The molecule has 0 bridgehead atoms. The van der Waals surface area contributed by atoms with Gasteiger partial charge in [-0.1, -0.05) is 25.1 Å². The molecule has 3 rings (SSSR count). The second kappa shape index (κ2) is 10.0. The summed E-state index contributed by atoms with van der Waals surface area (Å²) >= 11 is 0. The van der Waals surface area contributed by atoms with Crippen LogP contribution in [0.25, 0.3) is 0 Å². The van der Waals surface area contributed by atoms with Crippen molar-refractivity contribution in [3.8, 4) is 0 Å². The van der Waals surface area contributed by atoms with Gasteiger partial charge in [-0.15, -0.1) is 0 Å². The average molecular weight is 411 g/mol. The van der Waals surface area contributed by atoms with Crippen molar-refractivity contribution >= 4 is 23.4 Å². The van der Waals surface area contributed by atoms with Crippen molar-refractivity contribution in [3.63, 3.8) is 0 Å². The van der Waals surface area contributed by atoms with Crippen molar-refractivity contribution in [1.29, 1.82) is 0 Å². The van der Waals surface area contributed by atoms with Gasteiger partial charge >= 0.3 is 0 Å². The number of piperidine rings is 1. The van der Waals surface area contributed by atoms with E-state index in [-0.39, 0.29) is 23.3 Å². The minimum atomic E-state index is -0.762. The Kier molecular flexibility index (Phi) is 7.17. The summed E-state index contributed by atoms with van der Waals surface area (Å²) in [6.45, 7) is 2.94. The number of amides is 3. The predicted molar refractivity (Wildman–Crippen MR) is 112 cm³/mol. The van der Waals surface area contributed by atoms with E-state index in [2.05, 4.69) is 10.6 Å². The lowest BCUT2D eigenvalue weighted by Gasteiger charge is -2.35. The number of rotatable bonds is 6. The van der Waals surface area contributed by atoms with E-state index in [0.29, 0.717) is 38.0 Å². The predicted octanol–water partition coefficient (Wildman–Crippen LogP) is 3.21. The Morgan fingerprint density at radius 3 is 2.27 bits per heavy atom. The second-order valence-electron chi connectivity index (χ2n) is 7.39. The molecule has 0 saturated carbocycles. The van der Waals surface area contributed by atoms with Gasteiger partial charge in [0.2, 0.25) is 11.8 Å². The number of carbonyl (C=O) groups is 3. The Labute approximate surface area is 175 Å². The summed E-state index contributed by atoms with van der Waals surface area (Å²) in [5.74, 6) is -1.20. The zero-order valence-corrected chi connectivity index (χ0v) is 16.9. The number of hydrogen-bond acceptors (Lipinski definition) is 3. The fraction of sp³-hybridized carbons (Fsp3) is 0.348. The van der Waals surface area contributed by atoms with Gasteiger partial charge in [0.1, 0.15) is 11.9 Å². The molecule has 6 nitrogen and oxygen atoms in total. The van der Waals surface area contributed by atoms with Crippen LogP contribution in [0.1, 0.15) is 36.5 Å². The van der Waals surface area contributed by atoms with Gasteiger partial charge in [-0.25, -0.2) is 4.39 Å². The molecule has 3 amide bonds. The lowest BCUT2D eigenvalue weighted by atomic mass is 9.88. The van der Waals surface area contributed by atoms with Crippen molar-refractivity contribution in [2.45, 2.75) is 32.2 Å². The highest BCUT2D eigenvalue weighted by Crippen LogP contribution is 2.23. The van der Waals surface area contributed by atoms with Crippen LogP contribution in [0.3, 0.4) is 0 Å². The third-order valence-corrected chi connectivity index (χ3v) is 5.38. The minimum absolute atomic E-state index is 0.0917. The van der Waals surface area contributed by atoms with Crippen LogP contribution in [0.4, 0.5) is 10.1 Å². The molecule has 1 atom stereocenters. The summed E-state index contributed by atoms with van der Waals surface area (Å²) < 4.78 is 13.2. The number of nitrogens with zero attached hydrogens (tertiary/aromatic N) is 1. The van der Waals surface area contributed by atoms with Gasteiger partial charge in [0.25, 0.3) is 5.91 Å². The third-order valence-electron chi connectivity index (χ3n) is 5.38. The van der Waals surface area contributed by atoms with Crippen molar-refractivity contribution in [2.75, 3.05) is 18.4 Å². The standard InChI is InChI=1S/C23H26FN3O3/c1-2-20(28)27-14-12-16(13-15-27)21(23(30)25-19-6-4-3-5-7-19)26-22(29)17-8-10-18(24)11-9-17/h3-11,16,21H,2,12-15H2,1H3,(H,25,30)(H,26,29). The normalized spacial score (nSPS) is 15.3. The molecule has 1 aliphatic rings. The minimum Gasteiger partial charge on any atom is -0.343 e. The maximum Gasteiger partial charge on any atom is 0.251 e. The maximum atomic E-state index is 13.2. The molecule has 2 aromatic carbocycles. The van der Waals surface area contributed by atoms with Gasteiger partial charge < -0.3 is 15.5 Å². The lowest BCUT2D eigenvalue weighted by Crippen LogP contribution is -2.52. The van der Waals surface area contributed by atoms with Crippen LogP contribution in [-0.2, 0) is 9.59 Å². The number of carbonyl (C=O) groups excluding carboxylic acids is 3. The number of anilines is 1. The van der Waals surface area contributed by atoms with Crippen molar-refractivity contribution < 1.29 is 18.8 Å². The number of nitrogens with one attached hydrogen (secondary N) is 2. The summed E-state index contributed by atoms with van der Waals surface area (Å²) in [6, 6.07) is 13.5. The van der Waals surface area contributed by atoms with Crippen molar-refractivity contribution in [3.05, 3.63) is 66.0 Å². The lowest BCUT2D eigenvalue weighted by molar-refractivity contribution is -0.132. The van der Waals surface area contributed by atoms with E-state index in [1.165, 1.54) is 24.3 Å². The highest BCUT2D eigenvalue weighted by atomic mass is 19.1. The first kappa shape index (κ1) is 21.5. The first-order valence-electron chi connectivity index (χ1n) is 10.2. The van der Waals surface area contributed by atoms with Crippen LogP contribution in [0.15, 0.2) is 54.6 Å². The topological polar surface area (TPSA) is 78.5 Å². The van der Waals surface area contributed by atoms with E-state index in [4.69, 9.17) is 0 Å². The molecule has 0 radical (unpaired) electrons. The molecule has 1 heterocycles. The van der Waals surface area contributed by atoms with Crippen LogP contribution in [0, 0.1) is 11.7 Å². The molecule has 2 N–H and O–H groups in total. The molecule has 1 unspecified atom stereocenters. The van der Waals surface area contributed by atoms with E-state index >= 15 is 0 Å². The van der Waals surface area contributed by atoms with Crippen molar-refractivity contribution in [2.24, 2.45) is 5.92 Å². The molecule has 7 heteroatoms. The van der Waals surface area contributed by atoms with E-state index in [1.54, 1.807) is 17.0 Å². The summed E-state index contributed by atoms with van der Waals surface area (Å²) in [7, 11) is 0. The van der Waals surface area contributed by atoms with Crippen LogP contribution >= 0.6 is 0 Å². The summed E-state index contributed by atoms with van der Waals surface area (Å²) in [5.41, 5.74) is 0.926. The van der Waals surface area contributed by atoms with Crippen molar-refractivity contribution in [1.82, 2.24) is 10.2 Å². The molecule has 30 heavy (non-hydrogen) atoms. The van der Waals surface area contributed by atoms with Gasteiger partial charge in [0.15, 0.2) is 0 Å². The maximum absolute atomic E-state index is 13.2. The molecule has 2 aromatic rings. The number of benzene rings is 2. The van der Waals surface area contributed by atoms with Crippen LogP contribution in [0.2, 0.25) is 0 Å². The first-order valence-corrected chi connectivity index (χ1v) is 10.2.